The monoisotopic (exact) mass is 499 g/mol. The van der Waals surface area contributed by atoms with E-state index in [1.807, 2.05) is 62.4 Å². The predicted octanol–water partition coefficient (Wildman–Crippen LogP) is 3.94. The van der Waals surface area contributed by atoms with E-state index >= 15 is 0 Å². The third-order valence-electron chi connectivity index (χ3n) is 6.68. The van der Waals surface area contributed by atoms with Crippen LogP contribution in [0.4, 0.5) is 5.69 Å². The highest BCUT2D eigenvalue weighted by Crippen LogP contribution is 2.27. The lowest BCUT2D eigenvalue weighted by Crippen LogP contribution is -2.53. The number of benzene rings is 2. The van der Waals surface area contributed by atoms with Crippen LogP contribution in [0.2, 0.25) is 0 Å². The number of amides is 2. The number of rotatable bonds is 9. The Morgan fingerprint density at radius 2 is 1.57 bits per heavy atom. The van der Waals surface area contributed by atoms with Crippen molar-refractivity contribution in [2.75, 3.05) is 17.1 Å². The zero-order valence-corrected chi connectivity index (χ0v) is 22.0. The second kappa shape index (κ2) is 11.7. The highest BCUT2D eigenvalue weighted by Gasteiger charge is 2.32. The molecule has 0 heterocycles. The summed E-state index contributed by atoms with van der Waals surface area (Å²) in [7, 11) is -3.75. The fourth-order valence-corrected chi connectivity index (χ4v) is 5.67. The van der Waals surface area contributed by atoms with Crippen molar-refractivity contribution in [3.8, 4) is 0 Å². The van der Waals surface area contributed by atoms with Crippen molar-refractivity contribution < 1.29 is 18.0 Å². The Labute approximate surface area is 209 Å². The van der Waals surface area contributed by atoms with Gasteiger partial charge in [0.1, 0.15) is 12.6 Å². The van der Waals surface area contributed by atoms with Crippen LogP contribution in [-0.2, 0) is 26.2 Å². The van der Waals surface area contributed by atoms with E-state index in [-0.39, 0.29) is 25.0 Å². The first-order valence-electron chi connectivity index (χ1n) is 12.3. The molecule has 2 aromatic rings. The summed E-state index contributed by atoms with van der Waals surface area (Å²) in [6.07, 6.45) is 6.35. The Morgan fingerprint density at radius 3 is 2.14 bits per heavy atom. The molecule has 2 aromatic carbocycles. The van der Waals surface area contributed by atoms with Crippen LogP contribution in [0.3, 0.4) is 0 Å². The van der Waals surface area contributed by atoms with Crippen molar-refractivity contribution in [2.45, 2.75) is 71.5 Å². The topological polar surface area (TPSA) is 86.8 Å². The quantitative estimate of drug-likeness (QED) is 0.566. The van der Waals surface area contributed by atoms with Gasteiger partial charge in [-0.25, -0.2) is 8.42 Å². The first-order valence-corrected chi connectivity index (χ1v) is 14.1. The van der Waals surface area contributed by atoms with Crippen molar-refractivity contribution in [1.29, 1.82) is 0 Å². The molecule has 1 N–H and O–H groups in total. The van der Waals surface area contributed by atoms with Crippen molar-refractivity contribution in [2.24, 2.45) is 0 Å². The van der Waals surface area contributed by atoms with Gasteiger partial charge in [-0.2, -0.15) is 0 Å². The largest absolute Gasteiger partial charge is 0.352 e. The molecule has 8 heteroatoms. The molecular formula is C27H37N3O4S. The minimum Gasteiger partial charge on any atom is -0.352 e. The standard InChI is InChI=1S/C27H37N3O4S/c1-20-12-11-13-21(2)26(20)30(35(4,33)34)19-25(31)29(18-23-14-7-5-8-15-23)22(3)27(32)28-24-16-9-6-10-17-24/h5,7-8,11-15,22,24H,6,9-10,16-19H2,1-4H3,(H,28,32)/t22-/m1/s1. The number of nitrogens with zero attached hydrogens (tertiary/aromatic N) is 2. The molecule has 7 nitrogen and oxygen atoms in total. The molecule has 0 radical (unpaired) electrons. The fourth-order valence-electron chi connectivity index (χ4n) is 4.71. The first-order chi connectivity index (χ1) is 16.6. The average molecular weight is 500 g/mol. The maximum atomic E-state index is 13.7. The maximum Gasteiger partial charge on any atom is 0.244 e. The fraction of sp³-hybridized carbons (Fsp3) is 0.481. The van der Waals surface area contributed by atoms with Gasteiger partial charge in [0.25, 0.3) is 0 Å². The van der Waals surface area contributed by atoms with Gasteiger partial charge in [-0.3, -0.25) is 13.9 Å². The number of nitrogens with one attached hydrogen (secondary N) is 1. The van der Waals surface area contributed by atoms with Gasteiger partial charge in [0, 0.05) is 12.6 Å². The first kappa shape index (κ1) is 26.7. The molecule has 1 aliphatic rings. The molecule has 1 atom stereocenters. The van der Waals surface area contributed by atoms with Crippen molar-refractivity contribution >= 4 is 27.5 Å². The van der Waals surface area contributed by atoms with E-state index in [0.717, 1.165) is 52.9 Å². The van der Waals surface area contributed by atoms with E-state index < -0.39 is 22.0 Å². The summed E-state index contributed by atoms with van der Waals surface area (Å²) in [5.74, 6) is -0.632. The molecule has 1 aliphatic carbocycles. The van der Waals surface area contributed by atoms with Crippen molar-refractivity contribution in [1.82, 2.24) is 10.2 Å². The van der Waals surface area contributed by atoms with Gasteiger partial charge in [-0.15, -0.1) is 0 Å². The van der Waals surface area contributed by atoms with Gasteiger partial charge < -0.3 is 10.2 Å². The van der Waals surface area contributed by atoms with Gasteiger partial charge in [0.2, 0.25) is 21.8 Å². The van der Waals surface area contributed by atoms with Crippen LogP contribution in [0.15, 0.2) is 48.5 Å². The number of aryl methyl sites for hydroxylation is 2. The normalized spacial score (nSPS) is 15.3. The van der Waals surface area contributed by atoms with E-state index in [1.54, 1.807) is 6.92 Å². The van der Waals surface area contributed by atoms with E-state index in [0.29, 0.717) is 5.69 Å². The van der Waals surface area contributed by atoms with Gasteiger partial charge in [-0.05, 0) is 50.3 Å². The summed E-state index contributed by atoms with van der Waals surface area (Å²) in [4.78, 5) is 28.3. The van der Waals surface area contributed by atoms with E-state index in [1.165, 1.54) is 11.3 Å². The lowest BCUT2D eigenvalue weighted by molar-refractivity contribution is -0.139. The minimum absolute atomic E-state index is 0.120. The van der Waals surface area contributed by atoms with Crippen LogP contribution in [0, 0.1) is 13.8 Å². The van der Waals surface area contributed by atoms with Crippen molar-refractivity contribution in [3.63, 3.8) is 0 Å². The molecule has 2 amide bonds. The van der Waals surface area contributed by atoms with E-state index in [4.69, 9.17) is 0 Å². The number of anilines is 1. The zero-order chi connectivity index (χ0) is 25.6. The van der Waals surface area contributed by atoms with Crippen molar-refractivity contribution in [3.05, 3.63) is 65.2 Å². The highest BCUT2D eigenvalue weighted by molar-refractivity contribution is 7.92. The summed E-state index contributed by atoms with van der Waals surface area (Å²) in [6.45, 7) is 5.20. The predicted molar refractivity (Wildman–Crippen MR) is 140 cm³/mol. The van der Waals surface area contributed by atoms with Crippen LogP contribution in [0.1, 0.15) is 55.7 Å². The second-order valence-electron chi connectivity index (χ2n) is 9.54. The van der Waals surface area contributed by atoms with Crippen LogP contribution < -0.4 is 9.62 Å². The molecule has 0 unspecified atom stereocenters. The third-order valence-corrected chi connectivity index (χ3v) is 7.80. The Hall–Kier alpha value is -2.87. The molecular weight excluding hydrogens is 462 g/mol. The van der Waals surface area contributed by atoms with Crippen LogP contribution >= 0.6 is 0 Å². The molecule has 0 saturated heterocycles. The number of hydrogen-bond acceptors (Lipinski definition) is 4. The number of hydrogen-bond donors (Lipinski definition) is 1. The Morgan fingerprint density at radius 1 is 0.971 bits per heavy atom. The summed E-state index contributed by atoms with van der Waals surface area (Å²) >= 11 is 0. The molecule has 0 aliphatic heterocycles. The van der Waals surface area contributed by atoms with Gasteiger partial charge in [0.15, 0.2) is 0 Å². The summed E-state index contributed by atoms with van der Waals surface area (Å²) in [5.41, 5.74) is 2.90. The molecule has 0 spiro atoms. The van der Waals surface area contributed by atoms with Gasteiger partial charge in [0.05, 0.1) is 11.9 Å². The Bertz CT molecular complexity index is 1110. The lowest BCUT2D eigenvalue weighted by atomic mass is 9.95. The molecule has 0 aromatic heterocycles. The zero-order valence-electron chi connectivity index (χ0n) is 21.2. The van der Waals surface area contributed by atoms with Crippen LogP contribution in [0.5, 0.6) is 0 Å². The van der Waals surface area contributed by atoms with E-state index in [9.17, 15) is 18.0 Å². The van der Waals surface area contributed by atoms with Crippen LogP contribution in [-0.4, -0.2) is 50.0 Å². The summed E-state index contributed by atoms with van der Waals surface area (Å²) < 4.78 is 26.7. The second-order valence-corrected chi connectivity index (χ2v) is 11.4. The average Bonchev–Trinajstić information content (AvgIpc) is 2.82. The molecule has 1 saturated carbocycles. The molecule has 3 rings (SSSR count). The highest BCUT2D eigenvalue weighted by atomic mass is 32.2. The maximum absolute atomic E-state index is 13.7. The lowest BCUT2D eigenvalue weighted by Gasteiger charge is -2.33. The van der Waals surface area contributed by atoms with Gasteiger partial charge in [-0.1, -0.05) is 67.8 Å². The smallest absolute Gasteiger partial charge is 0.244 e. The van der Waals surface area contributed by atoms with Crippen LogP contribution in [0.25, 0.3) is 0 Å². The molecule has 1 fully saturated rings. The number of carbonyl (C=O) groups excluding carboxylic acids is 2. The SMILES string of the molecule is Cc1cccc(C)c1N(CC(=O)N(Cc1ccccc1)[C@H](C)C(=O)NC1CCCCC1)S(C)(=O)=O. The summed E-state index contributed by atoms with van der Waals surface area (Å²) in [6, 6.07) is 14.3. The minimum atomic E-state index is -3.75. The van der Waals surface area contributed by atoms with Gasteiger partial charge >= 0.3 is 0 Å². The Kier molecular flexibility index (Phi) is 8.94. The number of carbonyl (C=O) groups is 2. The molecule has 0 bridgehead atoms. The summed E-state index contributed by atoms with van der Waals surface area (Å²) in [5, 5.41) is 3.11. The number of sulfonamides is 1. The molecule has 190 valence electrons. The third kappa shape index (κ3) is 7.07. The molecule has 35 heavy (non-hydrogen) atoms. The van der Waals surface area contributed by atoms with E-state index in [2.05, 4.69) is 5.32 Å². The number of para-hydroxylation sites is 1. The Balaban J connectivity index is 1.89.